The van der Waals surface area contributed by atoms with Crippen LogP contribution in [0.4, 0.5) is 5.69 Å². The van der Waals surface area contributed by atoms with Gasteiger partial charge in [0.2, 0.25) is 5.89 Å². The Morgan fingerprint density at radius 2 is 1.78 bits per heavy atom. The molecule has 1 aromatic heterocycles. The third-order valence-electron chi connectivity index (χ3n) is 4.40. The van der Waals surface area contributed by atoms with Crippen LogP contribution < -0.4 is 5.32 Å². The molecule has 27 heavy (non-hydrogen) atoms. The molecule has 0 atom stereocenters. The van der Waals surface area contributed by atoms with Crippen molar-refractivity contribution in [2.45, 2.75) is 13.8 Å². The Balaban J connectivity index is 1.66. The number of carbonyl (C=O) groups is 1. The molecule has 1 heterocycles. The highest BCUT2D eigenvalue weighted by Gasteiger charge is 2.12. The number of hydrogen-bond donors (Lipinski definition) is 1. The van der Waals surface area contributed by atoms with Gasteiger partial charge in [0.05, 0.1) is 0 Å². The molecule has 5 heteroatoms. The standard InChI is InChI=1S/C22H17ClN2O2/c1-13-3-6-15(7-4-13)21(26)24-18-11-16(8-5-14(18)2)22-25-19-12-17(23)9-10-20(19)27-22/h3-12H,1-2H3,(H,24,26). The van der Waals surface area contributed by atoms with Crippen LogP contribution in [0.1, 0.15) is 21.5 Å². The number of anilines is 1. The van der Waals surface area contributed by atoms with Gasteiger partial charge in [-0.2, -0.15) is 0 Å². The summed E-state index contributed by atoms with van der Waals surface area (Å²) >= 11 is 6.02. The van der Waals surface area contributed by atoms with Crippen molar-refractivity contribution in [3.8, 4) is 11.5 Å². The van der Waals surface area contributed by atoms with Gasteiger partial charge in [-0.25, -0.2) is 4.98 Å². The lowest BCUT2D eigenvalue weighted by molar-refractivity contribution is 0.102. The van der Waals surface area contributed by atoms with E-state index in [1.807, 2.05) is 56.3 Å². The minimum Gasteiger partial charge on any atom is -0.436 e. The molecule has 4 rings (SSSR count). The van der Waals surface area contributed by atoms with Crippen LogP contribution in [-0.2, 0) is 0 Å². The summed E-state index contributed by atoms with van der Waals surface area (Å²) < 4.78 is 5.82. The SMILES string of the molecule is Cc1ccc(C(=O)Nc2cc(-c3nc4cc(Cl)ccc4o3)ccc2C)cc1. The number of nitrogens with one attached hydrogen (secondary N) is 1. The van der Waals surface area contributed by atoms with Crippen molar-refractivity contribution in [2.24, 2.45) is 0 Å². The number of oxazole rings is 1. The number of rotatable bonds is 3. The third-order valence-corrected chi connectivity index (χ3v) is 4.63. The first-order chi connectivity index (χ1) is 13.0. The van der Waals surface area contributed by atoms with Crippen molar-refractivity contribution >= 4 is 34.3 Å². The maximum Gasteiger partial charge on any atom is 0.255 e. The van der Waals surface area contributed by atoms with E-state index in [0.717, 1.165) is 22.4 Å². The predicted octanol–water partition coefficient (Wildman–Crippen LogP) is 6.02. The topological polar surface area (TPSA) is 55.1 Å². The minimum absolute atomic E-state index is 0.153. The molecule has 0 aliphatic rings. The van der Waals surface area contributed by atoms with Gasteiger partial charge in [-0.1, -0.05) is 35.4 Å². The molecule has 0 aliphatic heterocycles. The number of fused-ring (bicyclic) bond motifs is 1. The Labute approximate surface area is 161 Å². The zero-order valence-corrected chi connectivity index (χ0v) is 15.7. The van der Waals surface area contributed by atoms with Crippen LogP contribution in [0, 0.1) is 13.8 Å². The van der Waals surface area contributed by atoms with Gasteiger partial charge in [-0.3, -0.25) is 4.79 Å². The fraction of sp³-hybridized carbons (Fsp3) is 0.0909. The van der Waals surface area contributed by atoms with E-state index >= 15 is 0 Å². The van der Waals surface area contributed by atoms with E-state index < -0.39 is 0 Å². The van der Waals surface area contributed by atoms with Crippen LogP contribution in [0.2, 0.25) is 5.02 Å². The predicted molar refractivity (Wildman–Crippen MR) is 108 cm³/mol. The van der Waals surface area contributed by atoms with Crippen LogP contribution in [0.3, 0.4) is 0 Å². The lowest BCUT2D eigenvalue weighted by Crippen LogP contribution is -2.12. The largest absolute Gasteiger partial charge is 0.436 e. The van der Waals surface area contributed by atoms with Gasteiger partial charge < -0.3 is 9.73 Å². The van der Waals surface area contributed by atoms with Gasteiger partial charge in [0.15, 0.2) is 5.58 Å². The van der Waals surface area contributed by atoms with Crippen LogP contribution in [0.25, 0.3) is 22.6 Å². The van der Waals surface area contributed by atoms with Crippen molar-refractivity contribution in [2.75, 3.05) is 5.32 Å². The highest BCUT2D eigenvalue weighted by molar-refractivity contribution is 6.31. The average Bonchev–Trinajstić information content (AvgIpc) is 3.07. The molecule has 0 fully saturated rings. The van der Waals surface area contributed by atoms with E-state index in [4.69, 9.17) is 16.0 Å². The highest BCUT2D eigenvalue weighted by atomic mass is 35.5. The Kier molecular flexibility index (Phi) is 4.42. The number of aryl methyl sites for hydroxylation is 2. The van der Waals surface area contributed by atoms with Gasteiger partial charge in [0.1, 0.15) is 5.52 Å². The third kappa shape index (κ3) is 3.57. The highest BCUT2D eigenvalue weighted by Crippen LogP contribution is 2.29. The summed E-state index contributed by atoms with van der Waals surface area (Å²) in [7, 11) is 0. The van der Waals surface area contributed by atoms with Crippen molar-refractivity contribution < 1.29 is 9.21 Å². The van der Waals surface area contributed by atoms with Gasteiger partial charge in [0.25, 0.3) is 5.91 Å². The molecule has 0 radical (unpaired) electrons. The fourth-order valence-corrected chi connectivity index (χ4v) is 2.98. The quantitative estimate of drug-likeness (QED) is 0.475. The Morgan fingerprint density at radius 3 is 2.56 bits per heavy atom. The number of benzene rings is 3. The number of aromatic nitrogens is 1. The number of nitrogens with zero attached hydrogens (tertiary/aromatic N) is 1. The summed E-state index contributed by atoms with van der Waals surface area (Å²) in [6.45, 7) is 3.93. The van der Waals surface area contributed by atoms with Crippen LogP contribution in [0.15, 0.2) is 65.1 Å². The molecule has 0 aliphatic carbocycles. The van der Waals surface area contributed by atoms with E-state index in [9.17, 15) is 4.79 Å². The molecule has 1 N–H and O–H groups in total. The molecular formula is C22H17ClN2O2. The van der Waals surface area contributed by atoms with E-state index in [1.165, 1.54) is 0 Å². The van der Waals surface area contributed by atoms with Gasteiger partial charge in [-0.15, -0.1) is 0 Å². The summed E-state index contributed by atoms with van der Waals surface area (Å²) in [5.74, 6) is 0.331. The first-order valence-corrected chi connectivity index (χ1v) is 8.92. The summed E-state index contributed by atoms with van der Waals surface area (Å²) in [5, 5.41) is 3.58. The molecule has 1 amide bonds. The molecule has 4 aromatic rings. The Morgan fingerprint density at radius 1 is 1.00 bits per heavy atom. The molecule has 0 spiro atoms. The van der Waals surface area contributed by atoms with Crippen molar-refractivity contribution in [1.82, 2.24) is 4.98 Å². The minimum atomic E-state index is -0.153. The summed E-state index contributed by atoms with van der Waals surface area (Å²) in [4.78, 5) is 17.0. The second-order valence-corrected chi connectivity index (χ2v) is 6.92. The normalized spacial score (nSPS) is 10.9. The summed E-state index contributed by atoms with van der Waals surface area (Å²) in [5.41, 5.74) is 5.55. The molecule has 0 unspecified atom stereocenters. The lowest BCUT2D eigenvalue weighted by atomic mass is 10.1. The first-order valence-electron chi connectivity index (χ1n) is 8.55. The van der Waals surface area contributed by atoms with Gasteiger partial charge in [-0.05, 0) is 61.9 Å². The maximum atomic E-state index is 12.5. The average molecular weight is 377 g/mol. The number of carbonyl (C=O) groups excluding carboxylic acids is 1. The fourth-order valence-electron chi connectivity index (χ4n) is 2.81. The Hall–Kier alpha value is -3.11. The molecule has 0 bridgehead atoms. The number of amides is 1. The number of hydrogen-bond acceptors (Lipinski definition) is 3. The second kappa shape index (κ2) is 6.89. The number of halogens is 1. The second-order valence-electron chi connectivity index (χ2n) is 6.48. The zero-order valence-electron chi connectivity index (χ0n) is 14.9. The molecule has 0 saturated carbocycles. The molecule has 3 aromatic carbocycles. The van der Waals surface area contributed by atoms with Crippen molar-refractivity contribution in [1.29, 1.82) is 0 Å². The van der Waals surface area contributed by atoms with E-state index in [0.29, 0.717) is 27.6 Å². The Bertz CT molecular complexity index is 1150. The molecule has 4 nitrogen and oxygen atoms in total. The van der Waals surface area contributed by atoms with Crippen molar-refractivity contribution in [3.05, 3.63) is 82.4 Å². The van der Waals surface area contributed by atoms with Gasteiger partial charge in [0, 0.05) is 21.8 Å². The van der Waals surface area contributed by atoms with E-state index in [-0.39, 0.29) is 5.91 Å². The van der Waals surface area contributed by atoms with Crippen LogP contribution in [-0.4, -0.2) is 10.9 Å². The van der Waals surface area contributed by atoms with Crippen LogP contribution in [0.5, 0.6) is 0 Å². The van der Waals surface area contributed by atoms with E-state index in [1.54, 1.807) is 18.2 Å². The van der Waals surface area contributed by atoms with Crippen molar-refractivity contribution in [3.63, 3.8) is 0 Å². The smallest absolute Gasteiger partial charge is 0.255 e. The lowest BCUT2D eigenvalue weighted by Gasteiger charge is -2.10. The zero-order chi connectivity index (χ0) is 19.0. The monoisotopic (exact) mass is 376 g/mol. The summed E-state index contributed by atoms with van der Waals surface area (Å²) in [6.07, 6.45) is 0. The first kappa shape index (κ1) is 17.3. The maximum absolute atomic E-state index is 12.5. The molecule has 0 saturated heterocycles. The van der Waals surface area contributed by atoms with Gasteiger partial charge >= 0.3 is 0 Å². The van der Waals surface area contributed by atoms with E-state index in [2.05, 4.69) is 10.3 Å². The van der Waals surface area contributed by atoms with Crippen LogP contribution >= 0.6 is 11.6 Å². The summed E-state index contributed by atoms with van der Waals surface area (Å²) in [6, 6.07) is 18.5. The molecular weight excluding hydrogens is 360 g/mol. The molecule has 134 valence electrons.